The Bertz CT molecular complexity index is 1850. The minimum atomic E-state index is -4.10. The number of fused-ring (bicyclic) bond motifs is 3. The first-order chi connectivity index (χ1) is 24.4. The number of hydrogen-bond acceptors (Lipinski definition) is 8. The van der Waals surface area contributed by atoms with E-state index in [9.17, 15) is 27.6 Å². The zero-order chi connectivity index (χ0) is 36.0. The molecule has 0 aromatic heterocycles. The van der Waals surface area contributed by atoms with E-state index in [4.69, 9.17) is 22.1 Å². The molecule has 3 heterocycles. The van der Waals surface area contributed by atoms with Crippen LogP contribution >= 0.6 is 11.6 Å². The summed E-state index contributed by atoms with van der Waals surface area (Å²) >= 11 is 6.35. The molecular formula is C37H44ClN5O7S. The number of nitrogens with one attached hydrogen (secondary N) is 2. The molecule has 0 radical (unpaired) electrons. The number of rotatable bonds is 6. The maximum absolute atomic E-state index is 14.2. The van der Waals surface area contributed by atoms with Crippen LogP contribution in [-0.4, -0.2) is 77.1 Å². The van der Waals surface area contributed by atoms with Gasteiger partial charge in [0.2, 0.25) is 21.8 Å². The second-order valence-corrected chi connectivity index (χ2v) is 17.2. The van der Waals surface area contributed by atoms with Gasteiger partial charge >= 0.3 is 6.09 Å². The summed E-state index contributed by atoms with van der Waals surface area (Å²) in [6.07, 6.45) is 7.33. The zero-order valence-corrected chi connectivity index (χ0v) is 30.0. The monoisotopic (exact) mass is 737 g/mol. The molecule has 3 fully saturated rings. The van der Waals surface area contributed by atoms with Crippen LogP contribution in [0, 0.1) is 5.92 Å². The van der Waals surface area contributed by atoms with Crippen molar-refractivity contribution in [1.82, 2.24) is 19.8 Å². The molecule has 0 unspecified atom stereocenters. The number of halogens is 1. The van der Waals surface area contributed by atoms with Crippen molar-refractivity contribution in [2.45, 2.75) is 106 Å². The molecule has 0 bridgehead atoms. The van der Waals surface area contributed by atoms with Crippen LogP contribution in [0.2, 0.25) is 5.02 Å². The van der Waals surface area contributed by atoms with Gasteiger partial charge in [-0.1, -0.05) is 79.1 Å². The van der Waals surface area contributed by atoms with Crippen LogP contribution in [0.1, 0.15) is 74.5 Å². The number of sulfonamides is 1. The number of carbonyl (C=O) groups excluding carboxylic acids is 4. The van der Waals surface area contributed by atoms with Gasteiger partial charge in [0.15, 0.2) is 0 Å². The highest BCUT2D eigenvalue weighted by Gasteiger charge is 2.63. The Hall–Kier alpha value is -3.94. The summed E-state index contributed by atoms with van der Waals surface area (Å²) in [6.45, 7) is 0.553. The minimum Gasteiger partial charge on any atom is -0.444 e. The van der Waals surface area contributed by atoms with Gasteiger partial charge in [-0.15, -0.1) is 0 Å². The molecule has 14 heteroatoms. The lowest BCUT2D eigenvalue weighted by Crippen LogP contribution is -2.58. The number of ether oxygens (including phenoxy) is 1. The molecular weight excluding hydrogens is 694 g/mol. The van der Waals surface area contributed by atoms with E-state index in [1.165, 1.54) is 9.80 Å². The molecule has 12 nitrogen and oxygen atoms in total. The summed E-state index contributed by atoms with van der Waals surface area (Å²) in [7, 11) is -4.10. The highest BCUT2D eigenvalue weighted by Crippen LogP contribution is 2.49. The minimum absolute atomic E-state index is 0.00569. The van der Waals surface area contributed by atoms with Crippen molar-refractivity contribution in [3.63, 3.8) is 0 Å². The molecule has 1 saturated heterocycles. The first-order valence-corrected chi connectivity index (χ1v) is 19.6. The van der Waals surface area contributed by atoms with Crippen LogP contribution in [0.3, 0.4) is 0 Å². The lowest BCUT2D eigenvalue weighted by Gasteiger charge is -2.28. The van der Waals surface area contributed by atoms with Crippen molar-refractivity contribution in [3.8, 4) is 0 Å². The number of amides is 4. The van der Waals surface area contributed by atoms with Gasteiger partial charge in [0, 0.05) is 23.9 Å². The molecule has 272 valence electrons. The fourth-order valence-corrected chi connectivity index (χ4v) is 9.65. The van der Waals surface area contributed by atoms with E-state index in [2.05, 4.69) is 10.0 Å². The van der Waals surface area contributed by atoms with Crippen molar-refractivity contribution in [1.29, 1.82) is 0 Å². The van der Waals surface area contributed by atoms with Crippen molar-refractivity contribution >= 4 is 45.4 Å². The topological polar surface area (TPSA) is 168 Å². The van der Waals surface area contributed by atoms with Crippen LogP contribution in [0.15, 0.2) is 60.7 Å². The van der Waals surface area contributed by atoms with Gasteiger partial charge in [0.1, 0.15) is 17.7 Å². The maximum atomic E-state index is 14.2. The predicted octanol–water partition coefficient (Wildman–Crippen LogP) is 3.71. The largest absolute Gasteiger partial charge is 0.444 e. The molecule has 7 rings (SSSR count). The van der Waals surface area contributed by atoms with Gasteiger partial charge in [-0.3, -0.25) is 24.0 Å². The smallest absolute Gasteiger partial charge is 0.410 e. The molecule has 3 aliphatic heterocycles. The van der Waals surface area contributed by atoms with Crippen LogP contribution in [0.5, 0.6) is 0 Å². The molecule has 0 spiro atoms. The Labute approximate surface area is 303 Å². The molecule has 2 aromatic carbocycles. The van der Waals surface area contributed by atoms with Crippen molar-refractivity contribution in [3.05, 3.63) is 82.4 Å². The Morgan fingerprint density at radius 2 is 1.82 bits per heavy atom. The SMILES string of the molecule is N[C@H]1CCCCC/C=C\[C@H]2C[C@@]2(C(=O)NS(=O)(=O)C2(Cc3ccccc3)CC2)NC(=O)[C@@H]2C[C@@H](OC(=O)N3Cc4cccc(Cl)c4C3)CN2C1=O. The van der Waals surface area contributed by atoms with Gasteiger partial charge in [-0.2, -0.15) is 0 Å². The molecule has 5 aliphatic rings. The first-order valence-electron chi connectivity index (χ1n) is 17.8. The summed E-state index contributed by atoms with van der Waals surface area (Å²) in [5.74, 6) is -2.29. The van der Waals surface area contributed by atoms with E-state index in [0.717, 1.165) is 42.4 Å². The summed E-state index contributed by atoms with van der Waals surface area (Å²) in [5, 5.41) is 3.43. The van der Waals surface area contributed by atoms with E-state index in [-0.39, 0.29) is 32.4 Å². The van der Waals surface area contributed by atoms with Gasteiger partial charge < -0.3 is 20.7 Å². The summed E-state index contributed by atoms with van der Waals surface area (Å²) in [6, 6.07) is 12.8. The molecule has 4 N–H and O–H groups in total. The Kier molecular flexibility index (Phi) is 9.66. The van der Waals surface area contributed by atoms with Gasteiger partial charge in [-0.25, -0.2) is 13.2 Å². The normalized spacial score (nSPS) is 29.4. The highest BCUT2D eigenvalue weighted by atomic mass is 35.5. The third-order valence-electron chi connectivity index (χ3n) is 11.1. The van der Waals surface area contributed by atoms with E-state index < -0.39 is 68.2 Å². The molecule has 5 atom stereocenters. The summed E-state index contributed by atoms with van der Waals surface area (Å²) in [4.78, 5) is 58.1. The second-order valence-electron chi connectivity index (χ2n) is 14.7. The van der Waals surface area contributed by atoms with Crippen LogP contribution in [0.25, 0.3) is 0 Å². The lowest BCUT2D eigenvalue weighted by molar-refractivity contribution is -0.140. The molecule has 2 aliphatic carbocycles. The summed E-state index contributed by atoms with van der Waals surface area (Å²) in [5.41, 5.74) is 7.47. The van der Waals surface area contributed by atoms with E-state index >= 15 is 0 Å². The lowest BCUT2D eigenvalue weighted by atomic mass is 10.1. The van der Waals surface area contributed by atoms with Crippen molar-refractivity contribution < 1.29 is 32.3 Å². The number of nitrogens with zero attached hydrogens (tertiary/aromatic N) is 2. The fraction of sp³-hybridized carbons (Fsp3) is 0.514. The number of nitrogens with two attached hydrogens (primary N) is 1. The van der Waals surface area contributed by atoms with Gasteiger partial charge in [-0.05, 0) is 67.7 Å². The molecule has 4 amide bonds. The molecule has 51 heavy (non-hydrogen) atoms. The van der Waals surface area contributed by atoms with Crippen molar-refractivity contribution in [2.75, 3.05) is 6.54 Å². The Morgan fingerprint density at radius 1 is 1.04 bits per heavy atom. The third kappa shape index (κ3) is 7.12. The third-order valence-corrected chi connectivity index (χ3v) is 13.6. The highest BCUT2D eigenvalue weighted by molar-refractivity contribution is 7.91. The number of carbonyl (C=O) groups is 4. The molecule has 2 aromatic rings. The second kappa shape index (κ2) is 13.9. The van der Waals surface area contributed by atoms with Crippen LogP contribution in [-0.2, 0) is 48.7 Å². The van der Waals surface area contributed by atoms with Gasteiger partial charge in [0.25, 0.3) is 5.91 Å². The van der Waals surface area contributed by atoms with Crippen LogP contribution in [0.4, 0.5) is 4.79 Å². The maximum Gasteiger partial charge on any atom is 0.410 e. The first kappa shape index (κ1) is 35.5. The summed E-state index contributed by atoms with van der Waals surface area (Å²) < 4.78 is 34.6. The quantitative estimate of drug-likeness (QED) is 0.377. The number of benzene rings is 2. The van der Waals surface area contributed by atoms with E-state index in [1.54, 1.807) is 6.07 Å². The van der Waals surface area contributed by atoms with Crippen molar-refractivity contribution in [2.24, 2.45) is 11.7 Å². The van der Waals surface area contributed by atoms with E-state index in [0.29, 0.717) is 30.8 Å². The zero-order valence-electron chi connectivity index (χ0n) is 28.4. The number of hydrogen-bond donors (Lipinski definition) is 3. The fourth-order valence-electron chi connectivity index (χ4n) is 7.76. The number of allylic oxidation sites excluding steroid dienone is 1. The van der Waals surface area contributed by atoms with Gasteiger partial charge in [0.05, 0.1) is 23.9 Å². The Morgan fingerprint density at radius 3 is 2.57 bits per heavy atom. The standard InChI is InChI=1S/C37H44ClN5O7S/c38-29-14-9-12-25-21-42(23-28(25)29)35(47)50-27-18-31-32(44)40-37(20-26(37)13-7-2-1-3-8-15-30(39)33(45)43(31)22-27)34(46)41-51(48,49)36(16-17-36)19-24-10-5-4-6-11-24/h4-7,9-14,26-27,30-31H,1-3,8,15-23,39H2,(H,40,44)(H,41,46)/b13-7-/t26-,27+,30-,31-,37+/m0/s1. The van der Waals surface area contributed by atoms with E-state index in [1.807, 2.05) is 54.6 Å². The molecule has 2 saturated carbocycles. The Balaban J connectivity index is 1.09. The predicted molar refractivity (Wildman–Crippen MR) is 189 cm³/mol. The average Bonchev–Trinajstić information content (AvgIpc) is 3.92. The average molecular weight is 738 g/mol. The van der Waals surface area contributed by atoms with Crippen LogP contribution < -0.4 is 15.8 Å².